The number of rotatable bonds is 2. The quantitative estimate of drug-likeness (QED) is 0.497. The van der Waals surface area contributed by atoms with Crippen molar-refractivity contribution in [1.29, 1.82) is 0 Å². The molecule has 1 aliphatic carbocycles. The Morgan fingerprint density at radius 1 is 1.57 bits per heavy atom. The van der Waals surface area contributed by atoms with E-state index in [1.165, 1.54) is 7.11 Å². The molecule has 0 aliphatic heterocycles. The van der Waals surface area contributed by atoms with Gasteiger partial charge in [0.15, 0.2) is 0 Å². The number of carbonyl (C=O) groups is 2. The normalized spacial score (nSPS) is 31.6. The first kappa shape index (κ1) is 11.0. The zero-order chi connectivity index (χ0) is 10.9. The van der Waals surface area contributed by atoms with Crippen molar-refractivity contribution in [3.63, 3.8) is 0 Å². The molecule has 0 N–H and O–H groups in total. The molecule has 3 nitrogen and oxygen atoms in total. The van der Waals surface area contributed by atoms with E-state index in [2.05, 4.69) is 6.58 Å². The number of allylic oxidation sites excluding steroid dienone is 1. The molecular formula is C11H16O3. The van der Waals surface area contributed by atoms with Crippen molar-refractivity contribution in [2.75, 3.05) is 7.11 Å². The van der Waals surface area contributed by atoms with Crippen molar-refractivity contribution in [2.45, 2.75) is 20.3 Å². The summed E-state index contributed by atoms with van der Waals surface area (Å²) in [5.41, 5.74) is 0.887. The molecule has 0 spiro atoms. The minimum absolute atomic E-state index is 0.0371. The fourth-order valence-corrected chi connectivity index (χ4v) is 2.06. The van der Waals surface area contributed by atoms with Gasteiger partial charge in [0, 0.05) is 18.3 Å². The summed E-state index contributed by atoms with van der Waals surface area (Å²) in [6.45, 7) is 7.45. The first-order valence-electron chi connectivity index (χ1n) is 4.75. The van der Waals surface area contributed by atoms with Crippen LogP contribution < -0.4 is 0 Å². The van der Waals surface area contributed by atoms with Gasteiger partial charge in [-0.05, 0) is 6.92 Å². The van der Waals surface area contributed by atoms with Crippen LogP contribution in [0.3, 0.4) is 0 Å². The van der Waals surface area contributed by atoms with Crippen molar-refractivity contribution in [2.24, 2.45) is 17.8 Å². The van der Waals surface area contributed by atoms with E-state index in [0.29, 0.717) is 6.42 Å². The molecule has 14 heavy (non-hydrogen) atoms. The van der Waals surface area contributed by atoms with Gasteiger partial charge >= 0.3 is 5.97 Å². The zero-order valence-electron chi connectivity index (χ0n) is 8.87. The standard InChI is InChI=1S/C11H16O3/c1-6(2)8-5-9(12)7(3)10(8)11(13)14-4/h7-8,10H,1,5H2,2-4H3/t7-,8-,10+/m0/s1. The van der Waals surface area contributed by atoms with Gasteiger partial charge in [-0.25, -0.2) is 0 Å². The van der Waals surface area contributed by atoms with Gasteiger partial charge < -0.3 is 4.74 Å². The van der Waals surface area contributed by atoms with Crippen molar-refractivity contribution >= 4 is 11.8 Å². The summed E-state index contributed by atoms with van der Waals surface area (Å²) < 4.78 is 4.70. The van der Waals surface area contributed by atoms with E-state index in [1.54, 1.807) is 6.92 Å². The van der Waals surface area contributed by atoms with Crippen LogP contribution in [-0.4, -0.2) is 18.9 Å². The summed E-state index contributed by atoms with van der Waals surface area (Å²) in [6.07, 6.45) is 0.427. The van der Waals surface area contributed by atoms with Gasteiger partial charge in [-0.15, -0.1) is 0 Å². The van der Waals surface area contributed by atoms with Gasteiger partial charge in [-0.3, -0.25) is 9.59 Å². The van der Waals surface area contributed by atoms with Crippen LogP contribution >= 0.6 is 0 Å². The molecule has 0 aromatic rings. The van der Waals surface area contributed by atoms with Crippen LogP contribution in [0.15, 0.2) is 12.2 Å². The van der Waals surface area contributed by atoms with E-state index in [0.717, 1.165) is 5.57 Å². The maximum Gasteiger partial charge on any atom is 0.310 e. The average molecular weight is 196 g/mol. The fourth-order valence-electron chi connectivity index (χ4n) is 2.06. The van der Waals surface area contributed by atoms with Crippen LogP contribution in [0, 0.1) is 17.8 Å². The molecule has 0 heterocycles. The molecular weight excluding hydrogens is 180 g/mol. The highest BCUT2D eigenvalue weighted by Gasteiger charge is 2.44. The lowest BCUT2D eigenvalue weighted by atomic mass is 9.86. The molecule has 78 valence electrons. The van der Waals surface area contributed by atoms with E-state index >= 15 is 0 Å². The Labute approximate surface area is 84.1 Å². The molecule has 3 heteroatoms. The predicted molar refractivity (Wildman–Crippen MR) is 52.6 cm³/mol. The largest absolute Gasteiger partial charge is 0.469 e. The number of ether oxygens (including phenoxy) is 1. The van der Waals surface area contributed by atoms with E-state index < -0.39 is 0 Å². The third-order valence-corrected chi connectivity index (χ3v) is 3.01. The molecule has 0 aromatic heterocycles. The Bertz CT molecular complexity index is 280. The third-order valence-electron chi connectivity index (χ3n) is 3.01. The number of Topliss-reactive ketones (excluding diaryl/α,β-unsaturated/α-hetero) is 1. The minimum atomic E-state index is -0.329. The molecule has 0 radical (unpaired) electrons. The Kier molecular flexibility index (Phi) is 3.09. The van der Waals surface area contributed by atoms with Crippen molar-refractivity contribution in [3.8, 4) is 0 Å². The first-order valence-corrected chi connectivity index (χ1v) is 4.75. The molecule has 0 bridgehead atoms. The molecule has 0 aromatic carbocycles. The Morgan fingerprint density at radius 3 is 2.57 bits per heavy atom. The van der Waals surface area contributed by atoms with Crippen LogP contribution in [-0.2, 0) is 14.3 Å². The van der Waals surface area contributed by atoms with Crippen LogP contribution in [0.4, 0.5) is 0 Å². The summed E-state index contributed by atoms with van der Waals surface area (Å²) >= 11 is 0. The van der Waals surface area contributed by atoms with Crippen LogP contribution in [0.5, 0.6) is 0 Å². The van der Waals surface area contributed by atoms with Crippen LogP contribution in [0.25, 0.3) is 0 Å². The van der Waals surface area contributed by atoms with Crippen LogP contribution in [0.1, 0.15) is 20.3 Å². The van der Waals surface area contributed by atoms with Gasteiger partial charge in [0.2, 0.25) is 0 Å². The lowest BCUT2D eigenvalue weighted by molar-refractivity contribution is -0.148. The Morgan fingerprint density at radius 2 is 2.14 bits per heavy atom. The molecule has 1 rings (SSSR count). The highest BCUT2D eigenvalue weighted by Crippen LogP contribution is 2.38. The van der Waals surface area contributed by atoms with Crippen molar-refractivity contribution in [3.05, 3.63) is 12.2 Å². The van der Waals surface area contributed by atoms with Gasteiger partial charge in [-0.1, -0.05) is 19.1 Å². The average Bonchev–Trinajstić information content (AvgIpc) is 2.43. The van der Waals surface area contributed by atoms with Gasteiger partial charge in [-0.2, -0.15) is 0 Å². The van der Waals surface area contributed by atoms with Gasteiger partial charge in [0.1, 0.15) is 5.78 Å². The zero-order valence-corrected chi connectivity index (χ0v) is 8.87. The number of ketones is 1. The maximum absolute atomic E-state index is 11.5. The number of methoxy groups -OCH3 is 1. The van der Waals surface area contributed by atoms with Gasteiger partial charge in [0.05, 0.1) is 13.0 Å². The monoisotopic (exact) mass is 196 g/mol. The highest BCUT2D eigenvalue weighted by atomic mass is 16.5. The number of carbonyl (C=O) groups excluding carboxylic acids is 2. The highest BCUT2D eigenvalue weighted by molar-refractivity contribution is 5.91. The van der Waals surface area contributed by atoms with E-state index in [1.807, 2.05) is 6.92 Å². The second-order valence-corrected chi connectivity index (χ2v) is 3.96. The second-order valence-electron chi connectivity index (χ2n) is 3.96. The van der Waals surface area contributed by atoms with E-state index in [9.17, 15) is 9.59 Å². The summed E-state index contributed by atoms with van der Waals surface area (Å²) in [5.74, 6) is -0.760. The molecule has 0 amide bonds. The molecule has 3 atom stereocenters. The lowest BCUT2D eigenvalue weighted by Crippen LogP contribution is -2.26. The van der Waals surface area contributed by atoms with E-state index in [4.69, 9.17) is 4.74 Å². The number of esters is 1. The molecule has 0 saturated heterocycles. The second kappa shape index (κ2) is 3.95. The topological polar surface area (TPSA) is 43.4 Å². The first-order chi connectivity index (χ1) is 6.49. The van der Waals surface area contributed by atoms with E-state index in [-0.39, 0.29) is 29.5 Å². The Balaban J connectivity index is 2.92. The summed E-state index contributed by atoms with van der Waals surface area (Å²) in [7, 11) is 1.35. The number of hydrogen-bond acceptors (Lipinski definition) is 3. The molecule has 0 unspecified atom stereocenters. The Hall–Kier alpha value is -1.12. The summed E-state index contributed by atoms with van der Waals surface area (Å²) in [6, 6.07) is 0. The molecule has 1 fully saturated rings. The fraction of sp³-hybridized carbons (Fsp3) is 0.636. The molecule has 1 saturated carbocycles. The predicted octanol–water partition coefficient (Wildman–Crippen LogP) is 1.58. The summed E-state index contributed by atoms with van der Waals surface area (Å²) in [4.78, 5) is 22.9. The lowest BCUT2D eigenvalue weighted by Gasteiger charge is -2.19. The van der Waals surface area contributed by atoms with Crippen molar-refractivity contribution < 1.29 is 14.3 Å². The van der Waals surface area contributed by atoms with Crippen molar-refractivity contribution in [1.82, 2.24) is 0 Å². The maximum atomic E-state index is 11.5. The third kappa shape index (κ3) is 1.72. The SMILES string of the molecule is C=C(C)[C@@H]1CC(=O)[C@H](C)[C@H]1C(=O)OC. The van der Waals surface area contributed by atoms with Crippen LogP contribution in [0.2, 0.25) is 0 Å². The van der Waals surface area contributed by atoms with Gasteiger partial charge in [0.25, 0.3) is 0 Å². The number of hydrogen-bond donors (Lipinski definition) is 0. The summed E-state index contributed by atoms with van der Waals surface area (Å²) in [5, 5.41) is 0. The molecule has 1 aliphatic rings. The smallest absolute Gasteiger partial charge is 0.310 e. The minimum Gasteiger partial charge on any atom is -0.469 e.